The van der Waals surface area contributed by atoms with Crippen molar-refractivity contribution in [3.63, 3.8) is 0 Å². The normalized spacial score (nSPS) is 15.8. The summed E-state index contributed by atoms with van der Waals surface area (Å²) < 4.78 is 10.8. The second kappa shape index (κ2) is 8.45. The molecule has 0 saturated heterocycles. The lowest BCUT2D eigenvalue weighted by atomic mass is 10.0. The molecule has 2 aromatic carbocycles. The van der Waals surface area contributed by atoms with Crippen molar-refractivity contribution in [2.24, 2.45) is 5.10 Å². The molecule has 0 radical (unpaired) electrons. The first-order valence-corrected chi connectivity index (χ1v) is 9.94. The van der Waals surface area contributed by atoms with E-state index in [1.165, 1.54) is 10.6 Å². The zero-order valence-electron chi connectivity index (χ0n) is 17.4. The van der Waals surface area contributed by atoms with Gasteiger partial charge in [0.1, 0.15) is 17.6 Å². The molecule has 0 spiro atoms. The molecule has 30 heavy (non-hydrogen) atoms. The Labute approximate surface area is 176 Å². The highest BCUT2D eigenvalue weighted by molar-refractivity contribution is 6.03. The van der Waals surface area contributed by atoms with Gasteiger partial charge in [-0.05, 0) is 73.0 Å². The Bertz CT molecular complexity index is 1060. The SMILES string of the molecule is COc1ccc(C2=NN(C(=O)CNc3cccc(C)c3C)[C@H](c3ccco3)C2)cc1. The number of hydrazone groups is 1. The van der Waals surface area contributed by atoms with Gasteiger partial charge in [-0.1, -0.05) is 12.1 Å². The molecule has 0 bridgehead atoms. The van der Waals surface area contributed by atoms with Crippen LogP contribution in [0, 0.1) is 13.8 Å². The first-order valence-electron chi connectivity index (χ1n) is 9.94. The summed E-state index contributed by atoms with van der Waals surface area (Å²) in [6, 6.07) is 17.2. The first kappa shape index (κ1) is 19.8. The fraction of sp³-hybridized carbons (Fsp3) is 0.250. The monoisotopic (exact) mass is 403 g/mol. The predicted octanol–water partition coefficient (Wildman–Crippen LogP) is 4.69. The molecule has 1 aliphatic rings. The smallest absolute Gasteiger partial charge is 0.262 e. The summed E-state index contributed by atoms with van der Waals surface area (Å²) in [6.45, 7) is 4.26. The van der Waals surface area contributed by atoms with Crippen molar-refractivity contribution in [1.82, 2.24) is 5.01 Å². The molecule has 3 aromatic rings. The lowest BCUT2D eigenvalue weighted by Gasteiger charge is -2.20. The number of methoxy groups -OCH3 is 1. The van der Waals surface area contributed by atoms with Crippen LogP contribution in [-0.4, -0.2) is 30.3 Å². The largest absolute Gasteiger partial charge is 0.497 e. The average molecular weight is 403 g/mol. The molecule has 1 amide bonds. The van der Waals surface area contributed by atoms with Crippen LogP contribution >= 0.6 is 0 Å². The standard InChI is InChI=1S/C24H25N3O3/c1-16-6-4-7-20(17(16)2)25-15-24(28)27-22(23-8-5-13-30-23)14-21(26-27)18-9-11-19(29-3)12-10-18/h4-13,22,25H,14-15H2,1-3H3/t22-/m0/s1. The minimum atomic E-state index is -0.259. The second-order valence-electron chi connectivity index (χ2n) is 7.35. The number of aryl methyl sites for hydroxylation is 1. The molecule has 1 aromatic heterocycles. The average Bonchev–Trinajstić information content (AvgIpc) is 3.44. The second-order valence-corrected chi connectivity index (χ2v) is 7.35. The summed E-state index contributed by atoms with van der Waals surface area (Å²) in [5.74, 6) is 1.40. The van der Waals surface area contributed by atoms with Crippen molar-refractivity contribution in [2.45, 2.75) is 26.3 Å². The van der Waals surface area contributed by atoms with Crippen molar-refractivity contribution in [1.29, 1.82) is 0 Å². The van der Waals surface area contributed by atoms with Crippen LogP contribution in [-0.2, 0) is 4.79 Å². The summed E-state index contributed by atoms with van der Waals surface area (Å²) in [5, 5.41) is 9.46. The zero-order chi connectivity index (χ0) is 21.1. The van der Waals surface area contributed by atoms with Crippen LogP contribution in [0.3, 0.4) is 0 Å². The van der Waals surface area contributed by atoms with E-state index in [-0.39, 0.29) is 18.5 Å². The van der Waals surface area contributed by atoms with Gasteiger partial charge in [-0.2, -0.15) is 5.10 Å². The summed E-state index contributed by atoms with van der Waals surface area (Å²) in [5.41, 5.74) is 5.08. The highest BCUT2D eigenvalue weighted by atomic mass is 16.5. The zero-order valence-corrected chi connectivity index (χ0v) is 17.4. The maximum Gasteiger partial charge on any atom is 0.262 e. The van der Waals surface area contributed by atoms with Crippen LogP contribution in [0.5, 0.6) is 5.75 Å². The number of ether oxygens (including phenoxy) is 1. The minimum Gasteiger partial charge on any atom is -0.497 e. The van der Waals surface area contributed by atoms with Gasteiger partial charge in [0, 0.05) is 12.1 Å². The van der Waals surface area contributed by atoms with Gasteiger partial charge in [0.05, 0.1) is 25.6 Å². The molecule has 6 heteroatoms. The maximum absolute atomic E-state index is 13.1. The Morgan fingerprint density at radius 3 is 2.67 bits per heavy atom. The van der Waals surface area contributed by atoms with Gasteiger partial charge in [-0.25, -0.2) is 5.01 Å². The Hall–Kier alpha value is -3.54. The van der Waals surface area contributed by atoms with E-state index in [9.17, 15) is 4.79 Å². The van der Waals surface area contributed by atoms with E-state index in [0.717, 1.165) is 34.0 Å². The third-order valence-corrected chi connectivity index (χ3v) is 5.50. The highest BCUT2D eigenvalue weighted by Crippen LogP contribution is 2.33. The molecular formula is C24H25N3O3. The number of hydrogen-bond donors (Lipinski definition) is 1. The van der Waals surface area contributed by atoms with Crippen molar-refractivity contribution in [3.8, 4) is 5.75 Å². The summed E-state index contributed by atoms with van der Waals surface area (Å²) in [6.07, 6.45) is 2.22. The molecule has 1 atom stereocenters. The van der Waals surface area contributed by atoms with Crippen molar-refractivity contribution in [2.75, 3.05) is 19.0 Å². The third-order valence-electron chi connectivity index (χ3n) is 5.50. The minimum absolute atomic E-state index is 0.110. The molecule has 0 unspecified atom stereocenters. The number of nitrogens with one attached hydrogen (secondary N) is 1. The number of rotatable bonds is 6. The Kier molecular flexibility index (Phi) is 5.57. The molecule has 1 N–H and O–H groups in total. The van der Waals surface area contributed by atoms with Crippen LogP contribution in [0.4, 0.5) is 5.69 Å². The fourth-order valence-corrected chi connectivity index (χ4v) is 3.60. The number of amides is 1. The summed E-state index contributed by atoms with van der Waals surface area (Å²) >= 11 is 0. The van der Waals surface area contributed by atoms with Crippen LogP contribution in [0.15, 0.2) is 70.4 Å². The maximum atomic E-state index is 13.1. The molecule has 0 saturated carbocycles. The van der Waals surface area contributed by atoms with Gasteiger partial charge in [0.25, 0.3) is 5.91 Å². The topological polar surface area (TPSA) is 67.1 Å². The molecule has 0 fully saturated rings. The van der Waals surface area contributed by atoms with E-state index in [1.807, 2.05) is 55.5 Å². The molecule has 2 heterocycles. The van der Waals surface area contributed by atoms with Crippen molar-refractivity contribution >= 4 is 17.3 Å². The van der Waals surface area contributed by atoms with Gasteiger partial charge in [-0.15, -0.1) is 0 Å². The van der Waals surface area contributed by atoms with Crippen LogP contribution in [0.1, 0.15) is 34.9 Å². The summed E-state index contributed by atoms with van der Waals surface area (Å²) in [4.78, 5) is 13.1. The van der Waals surface area contributed by atoms with Crippen LogP contribution in [0.25, 0.3) is 0 Å². The van der Waals surface area contributed by atoms with Gasteiger partial charge in [0.15, 0.2) is 0 Å². The molecule has 0 aliphatic carbocycles. The Morgan fingerprint density at radius 2 is 1.97 bits per heavy atom. The number of carbonyl (C=O) groups excluding carboxylic acids is 1. The molecule has 1 aliphatic heterocycles. The molecule has 154 valence electrons. The van der Waals surface area contributed by atoms with E-state index in [0.29, 0.717) is 6.42 Å². The van der Waals surface area contributed by atoms with E-state index < -0.39 is 0 Å². The number of furan rings is 1. The fourth-order valence-electron chi connectivity index (χ4n) is 3.60. The lowest BCUT2D eigenvalue weighted by molar-refractivity contribution is -0.131. The molecule has 6 nitrogen and oxygen atoms in total. The van der Waals surface area contributed by atoms with E-state index in [4.69, 9.17) is 9.15 Å². The Morgan fingerprint density at radius 1 is 1.17 bits per heavy atom. The quantitative estimate of drug-likeness (QED) is 0.648. The van der Waals surface area contributed by atoms with Gasteiger partial charge >= 0.3 is 0 Å². The number of nitrogens with zero attached hydrogens (tertiary/aromatic N) is 2. The Balaban J connectivity index is 1.56. The van der Waals surface area contributed by atoms with Gasteiger partial charge in [-0.3, -0.25) is 4.79 Å². The number of anilines is 1. The van der Waals surface area contributed by atoms with E-state index in [2.05, 4.69) is 23.4 Å². The summed E-state index contributed by atoms with van der Waals surface area (Å²) in [7, 11) is 1.64. The molecular weight excluding hydrogens is 378 g/mol. The predicted molar refractivity (Wildman–Crippen MR) is 117 cm³/mol. The van der Waals surface area contributed by atoms with Crippen LogP contribution in [0.2, 0.25) is 0 Å². The number of hydrogen-bond acceptors (Lipinski definition) is 5. The van der Waals surface area contributed by atoms with Crippen LogP contribution < -0.4 is 10.1 Å². The first-order chi connectivity index (χ1) is 14.6. The lowest BCUT2D eigenvalue weighted by Crippen LogP contribution is -2.32. The number of carbonyl (C=O) groups is 1. The van der Waals surface area contributed by atoms with Crippen molar-refractivity contribution < 1.29 is 13.9 Å². The third kappa shape index (κ3) is 3.94. The van der Waals surface area contributed by atoms with E-state index in [1.54, 1.807) is 13.4 Å². The van der Waals surface area contributed by atoms with Crippen molar-refractivity contribution in [3.05, 3.63) is 83.3 Å². The van der Waals surface area contributed by atoms with Gasteiger partial charge < -0.3 is 14.5 Å². The number of benzene rings is 2. The van der Waals surface area contributed by atoms with E-state index >= 15 is 0 Å². The van der Waals surface area contributed by atoms with Gasteiger partial charge in [0.2, 0.25) is 0 Å². The highest BCUT2D eigenvalue weighted by Gasteiger charge is 2.34. The molecule has 4 rings (SSSR count).